The number of hydrogen-bond acceptors (Lipinski definition) is 8. The van der Waals surface area contributed by atoms with Crippen molar-refractivity contribution in [3.05, 3.63) is 48.6 Å². The fraction of sp³-hybridized carbons (Fsp3) is 0.875. The van der Waals surface area contributed by atoms with Gasteiger partial charge in [0.05, 0.1) is 13.2 Å². The van der Waals surface area contributed by atoms with Gasteiger partial charge in [-0.1, -0.05) is 403 Å². The highest BCUT2D eigenvalue weighted by Gasteiger charge is 2.26. The maximum atomic E-state index is 12.8. The van der Waals surface area contributed by atoms with Crippen LogP contribution in [0, 0.1) is 0 Å². The number of carbonyl (C=O) groups excluding carboxylic acids is 2. The highest BCUT2D eigenvalue weighted by Crippen LogP contribution is 2.43. The van der Waals surface area contributed by atoms with Crippen molar-refractivity contribution in [3.63, 3.8) is 0 Å². The van der Waals surface area contributed by atoms with Gasteiger partial charge in [0, 0.05) is 19.4 Å². The molecule has 0 aromatic carbocycles. The van der Waals surface area contributed by atoms with Gasteiger partial charge in [0.1, 0.15) is 6.61 Å². The first kappa shape index (κ1) is 88.0. The summed E-state index contributed by atoms with van der Waals surface area (Å²) in [7, 11) is -4.39. The molecule has 0 fully saturated rings. The molecule has 0 spiro atoms. The number of unbranched alkanes of at least 4 members (excludes halogenated alkanes) is 55. The molecule has 0 aliphatic rings. The molecule has 0 aliphatic carbocycles. The second kappa shape index (κ2) is 76.0. The summed E-state index contributed by atoms with van der Waals surface area (Å²) in [5.41, 5.74) is 5.41. The van der Waals surface area contributed by atoms with E-state index in [0.717, 1.165) is 57.8 Å². The molecule has 0 saturated heterocycles. The minimum atomic E-state index is -4.39. The molecule has 9 nitrogen and oxygen atoms in total. The van der Waals surface area contributed by atoms with E-state index in [0.29, 0.717) is 6.42 Å². The summed E-state index contributed by atoms with van der Waals surface area (Å²) >= 11 is 0. The molecule has 2 atom stereocenters. The SMILES string of the molecule is CC/C=C\C/C=C\C/C=C\C/C=C\CCCCCCCCCCCCCCCCCCCCCCCCCCCCCCC(=O)OC(COC(=O)CCCCCCCCCCCCCCCCCCCCCCCCCCCCCC)COP(=O)(O)OCCN. The first-order valence-electron chi connectivity index (χ1n) is 39.6. The van der Waals surface area contributed by atoms with Gasteiger partial charge >= 0.3 is 19.8 Å². The number of phosphoric ester groups is 1. The van der Waals surface area contributed by atoms with Crippen LogP contribution < -0.4 is 5.73 Å². The molecular formula is C80H152NO8P. The number of ether oxygens (including phenoxy) is 2. The Morgan fingerprint density at radius 2 is 0.611 bits per heavy atom. The molecule has 2 unspecified atom stereocenters. The zero-order valence-corrected chi connectivity index (χ0v) is 60.8. The minimum absolute atomic E-state index is 0.0570. The van der Waals surface area contributed by atoms with E-state index in [2.05, 4.69) is 62.5 Å². The molecule has 10 heteroatoms. The Labute approximate surface area is 559 Å². The number of rotatable bonds is 76. The van der Waals surface area contributed by atoms with Crippen LogP contribution in [0.15, 0.2) is 48.6 Å². The van der Waals surface area contributed by atoms with Crippen LogP contribution in [0.4, 0.5) is 0 Å². The number of esters is 2. The second-order valence-corrected chi connectivity index (χ2v) is 28.4. The van der Waals surface area contributed by atoms with E-state index in [1.807, 2.05) is 0 Å². The largest absolute Gasteiger partial charge is 0.472 e. The molecule has 0 aromatic heterocycles. The van der Waals surface area contributed by atoms with Crippen molar-refractivity contribution in [2.45, 2.75) is 424 Å². The van der Waals surface area contributed by atoms with Crippen molar-refractivity contribution in [1.82, 2.24) is 0 Å². The van der Waals surface area contributed by atoms with E-state index in [-0.39, 0.29) is 38.6 Å². The molecule has 0 heterocycles. The Hall–Kier alpha value is -2.03. The van der Waals surface area contributed by atoms with E-state index >= 15 is 0 Å². The van der Waals surface area contributed by atoms with Gasteiger partial charge < -0.3 is 20.1 Å². The fourth-order valence-electron chi connectivity index (χ4n) is 12.2. The molecule has 0 aromatic rings. The zero-order valence-electron chi connectivity index (χ0n) is 59.9. The lowest BCUT2D eigenvalue weighted by molar-refractivity contribution is -0.161. The van der Waals surface area contributed by atoms with Gasteiger partial charge in [-0.15, -0.1) is 0 Å². The number of allylic oxidation sites excluding steroid dienone is 8. The molecule has 0 rings (SSSR count). The van der Waals surface area contributed by atoms with Crippen LogP contribution in [0.3, 0.4) is 0 Å². The molecule has 0 bridgehead atoms. The lowest BCUT2D eigenvalue weighted by Crippen LogP contribution is -2.29. The summed E-state index contributed by atoms with van der Waals surface area (Å²) in [6.45, 7) is 3.72. The van der Waals surface area contributed by atoms with Gasteiger partial charge in [-0.3, -0.25) is 18.6 Å². The highest BCUT2D eigenvalue weighted by atomic mass is 31.2. The number of nitrogens with two attached hydrogens (primary N) is 1. The van der Waals surface area contributed by atoms with Crippen LogP contribution in [-0.2, 0) is 32.7 Å². The van der Waals surface area contributed by atoms with Crippen molar-refractivity contribution < 1.29 is 37.6 Å². The number of carbonyl (C=O) groups is 2. The predicted molar refractivity (Wildman–Crippen MR) is 390 cm³/mol. The van der Waals surface area contributed by atoms with Crippen LogP contribution in [0.1, 0.15) is 418 Å². The third kappa shape index (κ3) is 75.0. The maximum Gasteiger partial charge on any atom is 0.472 e. The third-order valence-corrected chi connectivity index (χ3v) is 19.0. The van der Waals surface area contributed by atoms with Crippen LogP contribution >= 0.6 is 7.82 Å². The Bertz CT molecular complexity index is 1620. The van der Waals surface area contributed by atoms with Gasteiger partial charge in [0.2, 0.25) is 0 Å². The van der Waals surface area contributed by atoms with E-state index in [1.165, 1.54) is 327 Å². The lowest BCUT2D eigenvalue weighted by Gasteiger charge is -2.19. The van der Waals surface area contributed by atoms with Gasteiger partial charge in [-0.05, 0) is 51.4 Å². The Kier molecular flexibility index (Phi) is 74.3. The summed E-state index contributed by atoms with van der Waals surface area (Å²) in [4.78, 5) is 35.4. The molecule has 0 aliphatic heterocycles. The molecule has 0 radical (unpaired) electrons. The summed E-state index contributed by atoms with van der Waals surface area (Å²) in [5.74, 6) is -0.799. The van der Waals surface area contributed by atoms with E-state index in [4.69, 9.17) is 24.3 Å². The normalized spacial score (nSPS) is 13.1. The maximum absolute atomic E-state index is 12.8. The molecule has 3 N–H and O–H groups in total. The first-order valence-corrected chi connectivity index (χ1v) is 41.1. The number of hydrogen-bond donors (Lipinski definition) is 2. The average molecular weight is 1290 g/mol. The van der Waals surface area contributed by atoms with Crippen LogP contribution in [-0.4, -0.2) is 49.3 Å². The van der Waals surface area contributed by atoms with Crippen molar-refractivity contribution in [2.24, 2.45) is 5.73 Å². The van der Waals surface area contributed by atoms with Crippen molar-refractivity contribution >= 4 is 19.8 Å². The quantitative estimate of drug-likeness (QED) is 0.0264. The molecular weight excluding hydrogens is 1130 g/mol. The smallest absolute Gasteiger partial charge is 0.462 e. The van der Waals surface area contributed by atoms with Gasteiger partial charge in [-0.2, -0.15) is 0 Å². The Morgan fingerprint density at radius 3 is 0.911 bits per heavy atom. The third-order valence-electron chi connectivity index (χ3n) is 18.0. The topological polar surface area (TPSA) is 134 Å². The fourth-order valence-corrected chi connectivity index (χ4v) is 12.9. The average Bonchev–Trinajstić information content (AvgIpc) is 3.68. The molecule has 0 amide bonds. The van der Waals surface area contributed by atoms with Crippen molar-refractivity contribution in [1.29, 1.82) is 0 Å². The Balaban J connectivity index is 3.73. The molecule has 530 valence electrons. The lowest BCUT2D eigenvalue weighted by atomic mass is 10.0. The van der Waals surface area contributed by atoms with Crippen LogP contribution in [0.25, 0.3) is 0 Å². The van der Waals surface area contributed by atoms with E-state index in [1.54, 1.807) is 0 Å². The molecule has 90 heavy (non-hydrogen) atoms. The zero-order chi connectivity index (χ0) is 65.1. The summed E-state index contributed by atoms with van der Waals surface area (Å²) in [6, 6.07) is 0. The van der Waals surface area contributed by atoms with Crippen molar-refractivity contribution in [3.8, 4) is 0 Å². The van der Waals surface area contributed by atoms with Gasteiger partial charge in [0.25, 0.3) is 0 Å². The molecule has 0 saturated carbocycles. The monoisotopic (exact) mass is 1290 g/mol. The Morgan fingerprint density at radius 1 is 0.344 bits per heavy atom. The van der Waals surface area contributed by atoms with Crippen molar-refractivity contribution in [2.75, 3.05) is 26.4 Å². The van der Waals surface area contributed by atoms with Crippen LogP contribution in [0.5, 0.6) is 0 Å². The standard InChI is InChI=1S/C80H152NO8P/c1-3-5-7-9-11-13-15-17-19-21-23-25-27-29-31-33-34-35-36-37-38-39-40-41-42-43-44-45-47-49-51-53-55-57-59-61-63-65-67-69-71-73-80(83)89-78(77-88-90(84,85)87-75-74-81)76-86-79(82)72-70-68-66-64-62-60-58-56-54-52-50-48-46-32-30-28-26-24-22-20-18-16-14-12-10-8-6-4-2/h5,7,11,13,17,19,23,25,78H,3-4,6,8-10,12,14-16,18,20-22,24,26-77,81H2,1-2H3,(H,84,85)/b7-5-,13-11-,19-17-,25-23-. The van der Waals surface area contributed by atoms with Gasteiger partial charge in [-0.25, -0.2) is 4.57 Å². The van der Waals surface area contributed by atoms with Gasteiger partial charge in [0.15, 0.2) is 6.10 Å². The second-order valence-electron chi connectivity index (χ2n) is 26.9. The summed E-state index contributed by atoms with van der Waals surface area (Å²) < 4.78 is 33.3. The summed E-state index contributed by atoms with van der Waals surface area (Å²) in [6.07, 6.45) is 98.3. The first-order chi connectivity index (χ1) is 44.3. The number of phosphoric acid groups is 1. The minimum Gasteiger partial charge on any atom is -0.462 e. The summed E-state index contributed by atoms with van der Waals surface area (Å²) in [5, 5.41) is 0. The van der Waals surface area contributed by atoms with E-state index < -0.39 is 26.5 Å². The predicted octanol–water partition coefficient (Wildman–Crippen LogP) is 26.4. The van der Waals surface area contributed by atoms with Crippen LogP contribution in [0.2, 0.25) is 0 Å². The highest BCUT2D eigenvalue weighted by molar-refractivity contribution is 7.47. The van der Waals surface area contributed by atoms with E-state index in [9.17, 15) is 19.0 Å².